The Balaban J connectivity index is 1.79. The molecule has 2 aromatic rings. The number of nitrogens with two attached hydrogens (primary N) is 2. The standard InChI is InChI=1S/C34H46N4O11/c1-19-15-38(32(42)24(35)18-46-17-21-10-6-4-7-11-21)25(31(36)41)14-23(33(43)45-3)28(22-12-8-5-9-13-22)49-29-26(16-39)48-34(44)27(30(29)47-19)37-20(2)40/h4-13,19,23-30,34,39,44H,14-18,35H2,1-3H3,(H2,36,41)(H,37,40)/t19?,23?,24-,25?,26+,27+,28?,29+,30+,34+/m0/s1. The summed E-state index contributed by atoms with van der Waals surface area (Å²) in [6.45, 7) is 1.97. The maximum Gasteiger partial charge on any atom is 0.311 e. The van der Waals surface area contributed by atoms with Crippen molar-refractivity contribution in [2.75, 3.05) is 26.9 Å². The zero-order valence-electron chi connectivity index (χ0n) is 27.8. The number of carbonyl (C=O) groups excluding carboxylic acids is 4. The minimum Gasteiger partial charge on any atom is -0.469 e. The normalized spacial score (nSPS) is 29.8. The van der Waals surface area contributed by atoms with Gasteiger partial charge in [-0.2, -0.15) is 0 Å². The number of benzene rings is 2. The Morgan fingerprint density at radius 1 is 1.02 bits per heavy atom. The summed E-state index contributed by atoms with van der Waals surface area (Å²) < 4.78 is 29.6. The van der Waals surface area contributed by atoms with E-state index in [9.17, 15) is 29.4 Å². The van der Waals surface area contributed by atoms with E-state index in [1.165, 1.54) is 14.0 Å². The minimum absolute atomic E-state index is 0.186. The second-order valence-corrected chi connectivity index (χ2v) is 12.2. The van der Waals surface area contributed by atoms with Gasteiger partial charge < -0.3 is 55.6 Å². The third-order valence-electron chi connectivity index (χ3n) is 8.55. The number of esters is 1. The van der Waals surface area contributed by atoms with Gasteiger partial charge in [-0.15, -0.1) is 0 Å². The van der Waals surface area contributed by atoms with Crippen molar-refractivity contribution in [2.24, 2.45) is 17.4 Å². The summed E-state index contributed by atoms with van der Waals surface area (Å²) in [6.07, 6.45) is -7.58. The molecule has 2 fully saturated rings. The van der Waals surface area contributed by atoms with Crippen molar-refractivity contribution in [3.8, 4) is 0 Å². The third-order valence-corrected chi connectivity index (χ3v) is 8.55. The Morgan fingerprint density at radius 2 is 1.67 bits per heavy atom. The van der Waals surface area contributed by atoms with Gasteiger partial charge in [-0.1, -0.05) is 60.7 Å². The molecule has 0 saturated carbocycles. The first-order valence-corrected chi connectivity index (χ1v) is 16.1. The van der Waals surface area contributed by atoms with Crippen LogP contribution in [0.25, 0.3) is 0 Å². The maximum absolute atomic E-state index is 14.1. The molecule has 0 spiro atoms. The van der Waals surface area contributed by atoms with E-state index in [2.05, 4.69) is 5.32 Å². The predicted molar refractivity (Wildman–Crippen MR) is 173 cm³/mol. The zero-order valence-corrected chi connectivity index (χ0v) is 27.8. The molecule has 10 atom stereocenters. The second-order valence-electron chi connectivity index (χ2n) is 12.2. The topological polar surface area (TPSA) is 222 Å². The van der Waals surface area contributed by atoms with E-state index in [0.717, 1.165) is 10.5 Å². The number of carbonyl (C=O) groups is 4. The van der Waals surface area contributed by atoms with Crippen molar-refractivity contribution in [3.05, 3.63) is 71.8 Å². The van der Waals surface area contributed by atoms with Crippen LogP contribution in [0.1, 0.15) is 37.5 Å². The molecular weight excluding hydrogens is 640 g/mol. The van der Waals surface area contributed by atoms with Gasteiger partial charge >= 0.3 is 5.97 Å². The van der Waals surface area contributed by atoms with Gasteiger partial charge in [0.1, 0.15) is 36.4 Å². The molecule has 2 heterocycles. The fourth-order valence-electron chi connectivity index (χ4n) is 6.25. The molecule has 2 aliphatic rings. The Hall–Kier alpha value is -3.96. The highest BCUT2D eigenvalue weighted by atomic mass is 16.6. The molecule has 7 N–H and O–H groups in total. The molecule has 15 heteroatoms. The Bertz CT molecular complexity index is 1400. The van der Waals surface area contributed by atoms with E-state index < -0.39 is 91.2 Å². The molecule has 0 aliphatic carbocycles. The van der Waals surface area contributed by atoms with E-state index in [0.29, 0.717) is 5.56 Å². The number of rotatable bonds is 10. The fraction of sp³-hybridized carbons (Fsp3) is 0.529. The number of ether oxygens (including phenoxy) is 5. The fourth-order valence-corrected chi connectivity index (χ4v) is 6.25. The monoisotopic (exact) mass is 686 g/mol. The second kappa shape index (κ2) is 17.6. The van der Waals surface area contributed by atoms with E-state index in [1.807, 2.05) is 30.3 Å². The van der Waals surface area contributed by atoms with Gasteiger partial charge in [0.15, 0.2) is 6.29 Å². The van der Waals surface area contributed by atoms with Crippen LogP contribution in [0, 0.1) is 5.92 Å². The van der Waals surface area contributed by atoms with E-state index in [1.54, 1.807) is 37.3 Å². The molecule has 49 heavy (non-hydrogen) atoms. The number of nitrogens with one attached hydrogen (secondary N) is 1. The summed E-state index contributed by atoms with van der Waals surface area (Å²) in [5.41, 5.74) is 13.6. The third kappa shape index (κ3) is 9.60. The SMILES string of the molecule is COC(=O)C1CC(C(N)=O)N(C(=O)[C@@H](N)COCc2ccccc2)CC(C)O[C@@H]2[C@@H](NC(C)=O)[C@H](O)O[C@H](CO)[C@H]2OC1c1ccccc1. The van der Waals surface area contributed by atoms with Crippen LogP contribution in [0.3, 0.4) is 0 Å². The van der Waals surface area contributed by atoms with Crippen LogP contribution in [-0.2, 0) is 49.5 Å². The van der Waals surface area contributed by atoms with Crippen LogP contribution in [0.5, 0.6) is 0 Å². The summed E-state index contributed by atoms with van der Waals surface area (Å²) >= 11 is 0. The lowest BCUT2D eigenvalue weighted by Crippen LogP contribution is -2.66. The van der Waals surface area contributed by atoms with Crippen LogP contribution < -0.4 is 16.8 Å². The van der Waals surface area contributed by atoms with Gasteiger partial charge in [-0.3, -0.25) is 19.2 Å². The van der Waals surface area contributed by atoms with Gasteiger partial charge in [0.25, 0.3) is 0 Å². The van der Waals surface area contributed by atoms with Gasteiger partial charge in [0.05, 0.1) is 45.1 Å². The van der Waals surface area contributed by atoms with Gasteiger partial charge in [0.2, 0.25) is 17.7 Å². The van der Waals surface area contributed by atoms with Crippen molar-refractivity contribution in [1.82, 2.24) is 10.2 Å². The molecule has 2 saturated heterocycles. The number of hydrogen-bond donors (Lipinski definition) is 5. The van der Waals surface area contributed by atoms with Gasteiger partial charge in [-0.25, -0.2) is 0 Å². The maximum atomic E-state index is 14.1. The molecular formula is C34H46N4O11. The number of hydrogen-bond acceptors (Lipinski definition) is 12. The number of aliphatic hydroxyl groups is 2. The molecule has 4 rings (SSSR count). The number of fused-ring (bicyclic) bond motifs is 1. The lowest BCUT2D eigenvalue weighted by Gasteiger charge is -2.46. The number of aliphatic hydroxyl groups excluding tert-OH is 2. The van der Waals surface area contributed by atoms with Crippen molar-refractivity contribution >= 4 is 23.7 Å². The first kappa shape index (κ1) is 37.9. The number of amides is 3. The highest BCUT2D eigenvalue weighted by Crippen LogP contribution is 2.38. The van der Waals surface area contributed by atoms with Crippen molar-refractivity contribution in [3.63, 3.8) is 0 Å². The summed E-state index contributed by atoms with van der Waals surface area (Å²) in [4.78, 5) is 54.3. The van der Waals surface area contributed by atoms with Crippen molar-refractivity contribution < 1.29 is 53.1 Å². The van der Waals surface area contributed by atoms with E-state index in [-0.39, 0.29) is 26.2 Å². The van der Waals surface area contributed by atoms with Crippen LogP contribution in [0.2, 0.25) is 0 Å². The van der Waals surface area contributed by atoms with Gasteiger partial charge in [0, 0.05) is 13.5 Å². The van der Waals surface area contributed by atoms with Crippen molar-refractivity contribution in [1.29, 1.82) is 0 Å². The van der Waals surface area contributed by atoms with Crippen LogP contribution >= 0.6 is 0 Å². The van der Waals surface area contributed by atoms with Gasteiger partial charge in [-0.05, 0) is 24.5 Å². The highest BCUT2D eigenvalue weighted by molar-refractivity contribution is 5.89. The molecule has 0 radical (unpaired) electrons. The summed E-state index contributed by atoms with van der Waals surface area (Å²) in [6, 6.07) is 14.0. The number of nitrogens with zero attached hydrogens (tertiary/aromatic N) is 1. The van der Waals surface area contributed by atoms with Crippen LogP contribution in [0.15, 0.2) is 60.7 Å². The van der Waals surface area contributed by atoms with Crippen LogP contribution in [0.4, 0.5) is 0 Å². The summed E-state index contributed by atoms with van der Waals surface area (Å²) in [7, 11) is 1.18. The Labute approximate surface area is 284 Å². The Morgan fingerprint density at radius 3 is 2.27 bits per heavy atom. The first-order chi connectivity index (χ1) is 23.4. The van der Waals surface area contributed by atoms with E-state index in [4.69, 9.17) is 35.2 Å². The number of primary amides is 1. The molecule has 2 aliphatic heterocycles. The number of methoxy groups -OCH3 is 1. The Kier molecular flexibility index (Phi) is 13.6. The minimum atomic E-state index is -1.62. The molecule has 3 amide bonds. The molecule has 15 nitrogen and oxygen atoms in total. The summed E-state index contributed by atoms with van der Waals surface area (Å²) in [5, 5.41) is 23.9. The first-order valence-electron chi connectivity index (χ1n) is 16.1. The quantitative estimate of drug-likeness (QED) is 0.200. The van der Waals surface area contributed by atoms with Crippen molar-refractivity contribution in [2.45, 2.75) is 81.8 Å². The summed E-state index contributed by atoms with van der Waals surface area (Å²) in [5.74, 6) is -4.15. The molecule has 2 aromatic carbocycles. The molecule has 0 bridgehead atoms. The average molecular weight is 687 g/mol. The predicted octanol–water partition coefficient (Wildman–Crippen LogP) is -0.480. The largest absolute Gasteiger partial charge is 0.469 e. The highest BCUT2D eigenvalue weighted by Gasteiger charge is 2.51. The zero-order chi connectivity index (χ0) is 35.7. The molecule has 0 aromatic heterocycles. The smallest absolute Gasteiger partial charge is 0.311 e. The molecule has 268 valence electrons. The lowest BCUT2D eigenvalue weighted by molar-refractivity contribution is -0.286. The average Bonchev–Trinajstić information content (AvgIpc) is 3.11. The van der Waals surface area contributed by atoms with Crippen LogP contribution in [-0.4, -0.2) is 115 Å². The molecule has 4 unspecified atom stereocenters. The van der Waals surface area contributed by atoms with E-state index >= 15 is 0 Å². The lowest BCUT2D eigenvalue weighted by atomic mass is 9.87.